The molecule has 0 aliphatic heterocycles. The third kappa shape index (κ3) is 3.16. The number of hydrogen-bond donors (Lipinski definition) is 0. The summed E-state index contributed by atoms with van der Waals surface area (Å²) < 4.78 is 13.0. The van der Waals surface area contributed by atoms with Crippen LogP contribution in [0.15, 0.2) is 24.3 Å². The largest absolute Gasteiger partial charge is 0.298 e. The van der Waals surface area contributed by atoms with Gasteiger partial charge >= 0.3 is 0 Å². The van der Waals surface area contributed by atoms with Crippen molar-refractivity contribution >= 4 is 5.78 Å². The number of Topliss-reactive ketones (excluding diaryl/α,β-unsaturated/α-hetero) is 1. The van der Waals surface area contributed by atoms with Gasteiger partial charge in [-0.25, -0.2) is 4.39 Å². The second kappa shape index (κ2) is 6.02. The molecule has 1 atom stereocenters. The fourth-order valence-electron chi connectivity index (χ4n) is 1.51. The van der Waals surface area contributed by atoms with Gasteiger partial charge < -0.3 is 0 Å². The van der Waals surface area contributed by atoms with E-state index in [0.29, 0.717) is 12.0 Å². The van der Waals surface area contributed by atoms with Gasteiger partial charge in [-0.2, -0.15) is 5.26 Å². The molecule has 1 aromatic rings. The lowest BCUT2D eigenvalue weighted by atomic mass is 9.93. The molecule has 16 heavy (non-hydrogen) atoms. The van der Waals surface area contributed by atoms with E-state index in [2.05, 4.69) is 0 Å². The lowest BCUT2D eigenvalue weighted by Gasteiger charge is -2.07. The van der Waals surface area contributed by atoms with Crippen molar-refractivity contribution < 1.29 is 9.18 Å². The van der Waals surface area contributed by atoms with Crippen molar-refractivity contribution in [2.45, 2.75) is 32.1 Å². The first kappa shape index (κ1) is 12.4. The molecule has 0 saturated carbocycles. The summed E-state index contributed by atoms with van der Waals surface area (Å²) in [6.45, 7) is 1.98. The Morgan fingerprint density at radius 2 is 2.31 bits per heavy atom. The Bertz CT molecular complexity index is 409. The predicted octanol–water partition coefficient (Wildman–Crippen LogP) is 3.19. The number of hydrogen-bond acceptors (Lipinski definition) is 2. The molecule has 3 heteroatoms. The standard InChI is InChI=1S/C13H14FNO/c1-2-3-7-13(16)12(9-15)10-5-4-6-11(14)8-10/h4-6,8,12H,2-3,7H2,1H3. The minimum absolute atomic E-state index is 0.130. The van der Waals surface area contributed by atoms with Crippen LogP contribution in [-0.4, -0.2) is 5.78 Å². The van der Waals surface area contributed by atoms with Crippen molar-refractivity contribution in [2.75, 3.05) is 0 Å². The highest BCUT2D eigenvalue weighted by Crippen LogP contribution is 2.19. The van der Waals surface area contributed by atoms with Crippen LogP contribution >= 0.6 is 0 Å². The van der Waals surface area contributed by atoms with Crippen LogP contribution in [0.5, 0.6) is 0 Å². The molecule has 0 saturated heterocycles. The third-order valence-electron chi connectivity index (χ3n) is 2.41. The summed E-state index contributed by atoms with van der Waals surface area (Å²) >= 11 is 0. The molecule has 0 aliphatic rings. The van der Waals surface area contributed by atoms with Crippen LogP contribution in [-0.2, 0) is 4.79 Å². The molecule has 1 unspecified atom stereocenters. The Morgan fingerprint density at radius 1 is 1.56 bits per heavy atom. The summed E-state index contributed by atoms with van der Waals surface area (Å²) in [4.78, 5) is 11.7. The summed E-state index contributed by atoms with van der Waals surface area (Å²) in [5.41, 5.74) is 0.448. The molecule has 1 aromatic carbocycles. The van der Waals surface area contributed by atoms with E-state index in [1.165, 1.54) is 18.2 Å². The van der Waals surface area contributed by atoms with Crippen LogP contribution < -0.4 is 0 Å². The van der Waals surface area contributed by atoms with E-state index in [0.717, 1.165) is 12.8 Å². The van der Waals surface area contributed by atoms with Crippen LogP contribution in [0.2, 0.25) is 0 Å². The molecule has 0 heterocycles. The Labute approximate surface area is 94.7 Å². The number of halogens is 1. The maximum Gasteiger partial charge on any atom is 0.154 e. The summed E-state index contributed by atoms with van der Waals surface area (Å²) in [5, 5.41) is 8.95. The Morgan fingerprint density at radius 3 is 2.88 bits per heavy atom. The van der Waals surface area contributed by atoms with Crippen molar-refractivity contribution in [1.82, 2.24) is 0 Å². The fourth-order valence-corrected chi connectivity index (χ4v) is 1.51. The zero-order valence-corrected chi connectivity index (χ0v) is 9.24. The highest BCUT2D eigenvalue weighted by atomic mass is 19.1. The van der Waals surface area contributed by atoms with Crippen molar-refractivity contribution in [3.63, 3.8) is 0 Å². The Kier molecular flexibility index (Phi) is 4.65. The first-order valence-corrected chi connectivity index (χ1v) is 5.36. The van der Waals surface area contributed by atoms with Gasteiger partial charge in [0, 0.05) is 6.42 Å². The van der Waals surface area contributed by atoms with Crippen LogP contribution in [0.3, 0.4) is 0 Å². The molecule has 0 aromatic heterocycles. The average molecular weight is 219 g/mol. The minimum Gasteiger partial charge on any atom is -0.298 e. The average Bonchev–Trinajstić information content (AvgIpc) is 2.27. The molecular weight excluding hydrogens is 205 g/mol. The topological polar surface area (TPSA) is 40.9 Å². The van der Waals surface area contributed by atoms with E-state index >= 15 is 0 Å². The van der Waals surface area contributed by atoms with Gasteiger partial charge in [0.15, 0.2) is 5.78 Å². The van der Waals surface area contributed by atoms with E-state index in [-0.39, 0.29) is 5.78 Å². The van der Waals surface area contributed by atoms with Crippen LogP contribution in [0.25, 0.3) is 0 Å². The second-order valence-corrected chi connectivity index (χ2v) is 3.69. The normalized spacial score (nSPS) is 11.8. The number of carbonyl (C=O) groups excluding carboxylic acids is 1. The summed E-state index contributed by atoms with van der Waals surface area (Å²) in [7, 11) is 0. The van der Waals surface area contributed by atoms with E-state index < -0.39 is 11.7 Å². The van der Waals surface area contributed by atoms with Gasteiger partial charge in [-0.1, -0.05) is 25.5 Å². The Balaban J connectivity index is 2.83. The summed E-state index contributed by atoms with van der Waals surface area (Å²) in [5.74, 6) is -1.38. The minimum atomic E-state index is -0.831. The maximum absolute atomic E-state index is 13.0. The van der Waals surface area contributed by atoms with Crippen molar-refractivity contribution in [3.8, 4) is 6.07 Å². The van der Waals surface area contributed by atoms with Crippen molar-refractivity contribution in [2.24, 2.45) is 0 Å². The maximum atomic E-state index is 13.0. The monoisotopic (exact) mass is 219 g/mol. The Hall–Kier alpha value is -1.69. The van der Waals surface area contributed by atoms with Gasteiger partial charge in [0.05, 0.1) is 6.07 Å². The number of carbonyl (C=O) groups is 1. The zero-order valence-electron chi connectivity index (χ0n) is 9.24. The molecule has 0 aliphatic carbocycles. The lowest BCUT2D eigenvalue weighted by Crippen LogP contribution is -2.10. The number of rotatable bonds is 5. The molecule has 2 nitrogen and oxygen atoms in total. The number of ketones is 1. The first-order chi connectivity index (χ1) is 7.69. The molecular formula is C13H14FNO. The predicted molar refractivity (Wildman–Crippen MR) is 59.3 cm³/mol. The van der Waals surface area contributed by atoms with Gasteiger partial charge in [0.2, 0.25) is 0 Å². The van der Waals surface area contributed by atoms with Crippen molar-refractivity contribution in [1.29, 1.82) is 5.26 Å². The van der Waals surface area contributed by atoms with E-state index in [1.54, 1.807) is 6.07 Å². The molecule has 1 rings (SSSR count). The summed E-state index contributed by atoms with van der Waals surface area (Å²) in [6.07, 6.45) is 2.06. The molecule has 0 amide bonds. The van der Waals surface area contributed by atoms with Gasteiger partial charge in [0.1, 0.15) is 11.7 Å². The zero-order chi connectivity index (χ0) is 12.0. The van der Waals surface area contributed by atoms with Gasteiger partial charge in [-0.3, -0.25) is 4.79 Å². The van der Waals surface area contributed by atoms with Crippen LogP contribution in [0.4, 0.5) is 4.39 Å². The highest BCUT2D eigenvalue weighted by molar-refractivity contribution is 5.88. The molecule has 0 N–H and O–H groups in total. The quantitative estimate of drug-likeness (QED) is 0.763. The molecule has 0 fully saturated rings. The van der Waals surface area contributed by atoms with Crippen LogP contribution in [0, 0.1) is 17.1 Å². The molecule has 0 bridgehead atoms. The highest BCUT2D eigenvalue weighted by Gasteiger charge is 2.19. The third-order valence-corrected chi connectivity index (χ3v) is 2.41. The number of nitriles is 1. The van der Waals surface area contributed by atoms with E-state index in [9.17, 15) is 9.18 Å². The van der Waals surface area contributed by atoms with Gasteiger partial charge in [-0.05, 0) is 24.1 Å². The van der Waals surface area contributed by atoms with Crippen LogP contribution in [0.1, 0.15) is 37.7 Å². The lowest BCUT2D eigenvalue weighted by molar-refractivity contribution is -0.119. The molecule has 0 spiro atoms. The number of unbranched alkanes of at least 4 members (excludes halogenated alkanes) is 1. The second-order valence-electron chi connectivity index (χ2n) is 3.69. The first-order valence-electron chi connectivity index (χ1n) is 5.36. The molecule has 84 valence electrons. The van der Waals surface area contributed by atoms with Gasteiger partial charge in [-0.15, -0.1) is 0 Å². The van der Waals surface area contributed by atoms with Crippen molar-refractivity contribution in [3.05, 3.63) is 35.6 Å². The van der Waals surface area contributed by atoms with E-state index in [1.807, 2.05) is 13.0 Å². The number of benzene rings is 1. The SMILES string of the molecule is CCCCC(=O)C(C#N)c1cccc(F)c1. The summed E-state index contributed by atoms with van der Waals surface area (Å²) in [6, 6.07) is 7.61. The molecule has 0 radical (unpaired) electrons. The van der Waals surface area contributed by atoms with E-state index in [4.69, 9.17) is 5.26 Å². The smallest absolute Gasteiger partial charge is 0.154 e. The fraction of sp³-hybridized carbons (Fsp3) is 0.385. The number of nitrogens with zero attached hydrogens (tertiary/aromatic N) is 1. The van der Waals surface area contributed by atoms with Gasteiger partial charge in [0.25, 0.3) is 0 Å².